The van der Waals surface area contributed by atoms with Crippen molar-refractivity contribution in [3.63, 3.8) is 0 Å². The van der Waals surface area contributed by atoms with Crippen LogP contribution in [0.4, 0.5) is 0 Å². The Morgan fingerprint density at radius 1 is 1.07 bits per heavy atom. The van der Waals surface area contributed by atoms with Gasteiger partial charge in [0.25, 0.3) is 0 Å². The fourth-order valence-corrected chi connectivity index (χ4v) is 6.77. The monoisotopic (exact) mass is 400 g/mol. The van der Waals surface area contributed by atoms with E-state index in [1.165, 1.54) is 19.3 Å². The summed E-state index contributed by atoms with van der Waals surface area (Å²) in [5, 5.41) is 3.60. The fraction of sp³-hybridized carbons (Fsp3) is 0.652. The van der Waals surface area contributed by atoms with E-state index >= 15 is 0 Å². The van der Waals surface area contributed by atoms with Crippen molar-refractivity contribution < 1.29 is 9.59 Å². The molecule has 1 aliphatic heterocycles. The zero-order chi connectivity index (χ0) is 19.4. The third-order valence-corrected chi connectivity index (χ3v) is 8.21. The summed E-state index contributed by atoms with van der Waals surface area (Å²) in [6.07, 6.45) is 10.4. The predicted octanol–water partition coefficient (Wildman–Crippen LogP) is 4.28. The minimum Gasteiger partial charge on any atom is -0.351 e. The van der Waals surface area contributed by atoms with Crippen molar-refractivity contribution in [2.45, 2.75) is 87.6 Å². The molecule has 2 saturated carbocycles. The predicted molar refractivity (Wildman–Crippen MR) is 114 cm³/mol. The van der Waals surface area contributed by atoms with Crippen molar-refractivity contribution in [3.05, 3.63) is 35.9 Å². The largest absolute Gasteiger partial charge is 0.351 e. The van der Waals surface area contributed by atoms with Crippen LogP contribution in [0.25, 0.3) is 0 Å². The van der Waals surface area contributed by atoms with Gasteiger partial charge >= 0.3 is 0 Å². The van der Waals surface area contributed by atoms with Crippen LogP contribution in [0.1, 0.15) is 69.8 Å². The number of rotatable bonds is 4. The molecule has 3 fully saturated rings. The maximum absolute atomic E-state index is 13.8. The average Bonchev–Trinajstić information content (AvgIpc) is 2.87. The summed E-state index contributed by atoms with van der Waals surface area (Å²) in [4.78, 5) is 29.0. The quantitative estimate of drug-likeness (QED) is 0.821. The molecule has 3 aliphatic rings. The molecule has 4 rings (SSSR count). The number of amides is 2. The van der Waals surface area contributed by atoms with Gasteiger partial charge in [0.15, 0.2) is 0 Å². The summed E-state index contributed by atoms with van der Waals surface area (Å²) < 4.78 is 0. The summed E-state index contributed by atoms with van der Waals surface area (Å²) in [5.41, 5.74) is 0.418. The van der Waals surface area contributed by atoms with E-state index in [9.17, 15) is 9.59 Å². The number of hydrogen-bond donors (Lipinski definition) is 1. The second kappa shape index (κ2) is 8.89. The molecule has 1 saturated heterocycles. The van der Waals surface area contributed by atoms with Gasteiger partial charge in [-0.2, -0.15) is 11.8 Å². The smallest absolute Gasteiger partial charge is 0.247 e. The van der Waals surface area contributed by atoms with Crippen LogP contribution in [-0.2, 0) is 16.1 Å². The zero-order valence-electron chi connectivity index (χ0n) is 16.7. The van der Waals surface area contributed by atoms with Gasteiger partial charge < -0.3 is 10.2 Å². The summed E-state index contributed by atoms with van der Waals surface area (Å²) >= 11 is 1.85. The van der Waals surface area contributed by atoms with Gasteiger partial charge in [0.1, 0.15) is 5.54 Å². The summed E-state index contributed by atoms with van der Waals surface area (Å²) in [7, 11) is 0. The molecule has 1 aromatic carbocycles. The molecular formula is C23H32N2O2S. The van der Waals surface area contributed by atoms with Crippen LogP contribution in [0.5, 0.6) is 0 Å². The number of carbonyl (C=O) groups is 2. The summed E-state index contributed by atoms with van der Waals surface area (Å²) in [6.45, 7) is 0.537. The highest BCUT2D eigenvalue weighted by molar-refractivity contribution is 8.00. The van der Waals surface area contributed by atoms with Gasteiger partial charge in [0.05, 0.1) is 0 Å². The van der Waals surface area contributed by atoms with Crippen molar-refractivity contribution in [3.8, 4) is 0 Å². The lowest BCUT2D eigenvalue weighted by Crippen LogP contribution is -2.66. The number of nitrogens with one attached hydrogen (secondary N) is 1. The van der Waals surface area contributed by atoms with Gasteiger partial charge in [-0.3, -0.25) is 9.59 Å². The van der Waals surface area contributed by atoms with Crippen LogP contribution in [-0.4, -0.2) is 39.3 Å². The fourth-order valence-electron chi connectivity index (χ4n) is 5.23. The van der Waals surface area contributed by atoms with E-state index in [2.05, 4.69) is 17.4 Å². The first-order valence-corrected chi connectivity index (χ1v) is 12.0. The molecule has 0 aromatic heterocycles. The van der Waals surface area contributed by atoms with Crippen LogP contribution >= 0.6 is 11.8 Å². The molecule has 1 heterocycles. The Hall–Kier alpha value is -1.49. The molecule has 2 amide bonds. The molecule has 0 spiro atoms. The van der Waals surface area contributed by atoms with E-state index in [4.69, 9.17) is 0 Å². The van der Waals surface area contributed by atoms with E-state index in [-0.39, 0.29) is 23.1 Å². The molecule has 4 nitrogen and oxygen atoms in total. The van der Waals surface area contributed by atoms with Crippen molar-refractivity contribution in [2.75, 3.05) is 5.75 Å². The van der Waals surface area contributed by atoms with Crippen molar-refractivity contribution >= 4 is 23.6 Å². The van der Waals surface area contributed by atoms with Crippen LogP contribution in [0.15, 0.2) is 30.3 Å². The maximum Gasteiger partial charge on any atom is 0.247 e. The second-order valence-electron chi connectivity index (χ2n) is 8.55. The molecule has 0 bridgehead atoms. The van der Waals surface area contributed by atoms with Gasteiger partial charge in [-0.05, 0) is 31.2 Å². The van der Waals surface area contributed by atoms with Gasteiger partial charge in [0.2, 0.25) is 11.8 Å². The topological polar surface area (TPSA) is 49.4 Å². The first-order valence-electron chi connectivity index (χ1n) is 11.0. The minimum atomic E-state index is -0.691. The number of hydrogen-bond acceptors (Lipinski definition) is 3. The van der Waals surface area contributed by atoms with E-state index in [0.29, 0.717) is 13.0 Å². The SMILES string of the molecule is O=C1CCS[C@H]2CCCC[C@]2(C(=O)NC2CCCCC2)N1Cc1ccccc1. The number of fused-ring (bicyclic) bond motifs is 1. The molecule has 0 unspecified atom stereocenters. The third-order valence-electron chi connectivity index (χ3n) is 6.74. The Morgan fingerprint density at radius 3 is 2.61 bits per heavy atom. The molecule has 28 heavy (non-hydrogen) atoms. The molecule has 0 radical (unpaired) electrons. The van der Waals surface area contributed by atoms with Gasteiger partial charge in [0, 0.05) is 30.0 Å². The average molecular weight is 401 g/mol. The van der Waals surface area contributed by atoms with Gasteiger partial charge in [-0.25, -0.2) is 0 Å². The Bertz CT molecular complexity index is 689. The highest BCUT2D eigenvalue weighted by Gasteiger charge is 2.54. The Morgan fingerprint density at radius 2 is 1.82 bits per heavy atom. The number of nitrogens with zero attached hydrogens (tertiary/aromatic N) is 1. The molecule has 2 aliphatic carbocycles. The highest BCUT2D eigenvalue weighted by Crippen LogP contribution is 2.44. The second-order valence-corrected chi connectivity index (χ2v) is 9.86. The lowest BCUT2D eigenvalue weighted by molar-refractivity contribution is -0.150. The number of thioether (sulfide) groups is 1. The highest BCUT2D eigenvalue weighted by atomic mass is 32.2. The molecule has 5 heteroatoms. The molecule has 152 valence electrons. The Labute approximate surface area is 172 Å². The van der Waals surface area contributed by atoms with Crippen LogP contribution in [0.2, 0.25) is 0 Å². The van der Waals surface area contributed by atoms with Crippen molar-refractivity contribution in [1.29, 1.82) is 0 Å². The van der Waals surface area contributed by atoms with Crippen molar-refractivity contribution in [2.24, 2.45) is 0 Å². The van der Waals surface area contributed by atoms with Gasteiger partial charge in [-0.15, -0.1) is 0 Å². The Balaban J connectivity index is 1.66. The third kappa shape index (κ3) is 3.96. The maximum atomic E-state index is 13.8. The summed E-state index contributed by atoms with van der Waals surface area (Å²) in [5.74, 6) is 1.08. The molecular weight excluding hydrogens is 368 g/mol. The standard InChI is InChI=1S/C23H32N2O2S/c26-21-14-16-28-20-13-7-8-15-23(20,22(27)24-19-11-5-2-6-12-19)25(21)17-18-9-3-1-4-10-18/h1,3-4,9-10,19-20H,2,5-8,11-17H2,(H,24,27)/t20-,23-/m0/s1. The lowest BCUT2D eigenvalue weighted by atomic mass is 9.77. The van der Waals surface area contributed by atoms with Crippen LogP contribution in [0, 0.1) is 0 Å². The first-order chi connectivity index (χ1) is 13.7. The lowest BCUT2D eigenvalue weighted by Gasteiger charge is -2.49. The molecule has 1 aromatic rings. The Kier molecular flexibility index (Phi) is 6.29. The summed E-state index contributed by atoms with van der Waals surface area (Å²) in [6, 6.07) is 10.4. The van der Waals surface area contributed by atoms with E-state index < -0.39 is 5.54 Å². The minimum absolute atomic E-state index is 0.114. The normalized spacial score (nSPS) is 29.1. The van der Waals surface area contributed by atoms with Crippen LogP contribution < -0.4 is 5.32 Å². The number of benzene rings is 1. The van der Waals surface area contributed by atoms with E-state index in [0.717, 1.165) is 49.8 Å². The van der Waals surface area contributed by atoms with Crippen molar-refractivity contribution in [1.82, 2.24) is 10.2 Å². The van der Waals surface area contributed by atoms with E-state index in [1.807, 2.05) is 34.9 Å². The molecule has 1 N–H and O–H groups in total. The number of carbonyl (C=O) groups excluding carboxylic acids is 2. The van der Waals surface area contributed by atoms with Gasteiger partial charge in [-0.1, -0.05) is 62.4 Å². The zero-order valence-corrected chi connectivity index (χ0v) is 17.5. The van der Waals surface area contributed by atoms with Crippen LogP contribution in [0.3, 0.4) is 0 Å². The first kappa shape index (κ1) is 19.8. The van der Waals surface area contributed by atoms with E-state index in [1.54, 1.807) is 0 Å². The molecule has 2 atom stereocenters.